The van der Waals surface area contributed by atoms with Crippen LogP contribution in [0.4, 0.5) is 15.2 Å². The third kappa shape index (κ3) is 3.88. The molecule has 0 spiro atoms. The lowest BCUT2D eigenvalue weighted by Gasteiger charge is -2.06. The molecule has 1 amide bonds. The zero-order valence-corrected chi connectivity index (χ0v) is 12.5. The number of benzene rings is 1. The number of carbonyl (C=O) groups excluding carboxylic acids is 1. The average molecular weight is 310 g/mol. The SMILES string of the molecule is CCCNc1nnc(C(=O)Nc2cc(OC)ccc2F)s1. The number of carbonyl (C=O) groups is 1. The summed E-state index contributed by atoms with van der Waals surface area (Å²) in [4.78, 5) is 12.0. The molecule has 0 saturated heterocycles. The predicted molar refractivity (Wildman–Crippen MR) is 79.6 cm³/mol. The molecule has 0 radical (unpaired) electrons. The maximum absolute atomic E-state index is 13.6. The van der Waals surface area contributed by atoms with E-state index in [0.29, 0.717) is 10.9 Å². The molecule has 0 unspecified atom stereocenters. The second kappa shape index (κ2) is 6.98. The molecule has 0 aliphatic heterocycles. The van der Waals surface area contributed by atoms with Gasteiger partial charge in [-0.05, 0) is 18.6 Å². The topological polar surface area (TPSA) is 76.1 Å². The molecule has 6 nitrogen and oxygen atoms in total. The Labute approximate surface area is 125 Å². The van der Waals surface area contributed by atoms with Crippen molar-refractivity contribution < 1.29 is 13.9 Å². The number of amides is 1. The number of nitrogens with zero attached hydrogens (tertiary/aromatic N) is 2. The van der Waals surface area contributed by atoms with Crippen molar-refractivity contribution in [3.63, 3.8) is 0 Å². The second-order valence-corrected chi connectivity index (χ2v) is 5.12. The Morgan fingerprint density at radius 2 is 2.24 bits per heavy atom. The second-order valence-electron chi connectivity index (χ2n) is 4.14. The monoisotopic (exact) mass is 310 g/mol. The molecule has 0 aliphatic rings. The Kier molecular flexibility index (Phi) is 5.04. The van der Waals surface area contributed by atoms with Crippen molar-refractivity contribution in [1.82, 2.24) is 10.2 Å². The number of hydrogen-bond acceptors (Lipinski definition) is 6. The van der Waals surface area contributed by atoms with Crippen LogP contribution in [0.1, 0.15) is 23.1 Å². The van der Waals surface area contributed by atoms with Gasteiger partial charge in [0.1, 0.15) is 11.6 Å². The van der Waals surface area contributed by atoms with Crippen molar-refractivity contribution in [2.75, 3.05) is 24.3 Å². The van der Waals surface area contributed by atoms with Crippen LogP contribution in [0.5, 0.6) is 5.75 Å². The molecule has 1 aromatic carbocycles. The van der Waals surface area contributed by atoms with Crippen LogP contribution in [0.15, 0.2) is 18.2 Å². The minimum Gasteiger partial charge on any atom is -0.497 e. The predicted octanol–water partition coefficient (Wildman–Crippen LogP) is 2.76. The van der Waals surface area contributed by atoms with Crippen LogP contribution in [0.2, 0.25) is 0 Å². The molecule has 21 heavy (non-hydrogen) atoms. The van der Waals surface area contributed by atoms with E-state index in [-0.39, 0.29) is 10.7 Å². The molecule has 2 N–H and O–H groups in total. The lowest BCUT2D eigenvalue weighted by Crippen LogP contribution is -2.12. The van der Waals surface area contributed by atoms with E-state index in [4.69, 9.17) is 4.74 Å². The molecule has 1 heterocycles. The first-order valence-corrected chi connectivity index (χ1v) is 7.18. The summed E-state index contributed by atoms with van der Waals surface area (Å²) in [5.41, 5.74) is 0.0395. The Bertz CT molecular complexity index is 632. The maximum Gasteiger partial charge on any atom is 0.286 e. The van der Waals surface area contributed by atoms with Gasteiger partial charge in [0.05, 0.1) is 12.8 Å². The Morgan fingerprint density at radius 1 is 1.43 bits per heavy atom. The molecule has 8 heteroatoms. The molecule has 0 saturated carbocycles. The first-order valence-electron chi connectivity index (χ1n) is 6.36. The molecule has 2 rings (SSSR count). The highest BCUT2D eigenvalue weighted by Gasteiger charge is 2.15. The molecule has 0 fully saturated rings. The van der Waals surface area contributed by atoms with Crippen LogP contribution in [-0.4, -0.2) is 29.8 Å². The fraction of sp³-hybridized carbons (Fsp3) is 0.308. The van der Waals surface area contributed by atoms with Gasteiger partial charge in [0, 0.05) is 12.6 Å². The number of rotatable bonds is 6. The van der Waals surface area contributed by atoms with Crippen molar-refractivity contribution >= 4 is 28.1 Å². The number of aromatic nitrogens is 2. The van der Waals surface area contributed by atoms with Crippen molar-refractivity contribution in [3.05, 3.63) is 29.0 Å². The van der Waals surface area contributed by atoms with E-state index in [0.717, 1.165) is 24.3 Å². The summed E-state index contributed by atoms with van der Waals surface area (Å²) < 4.78 is 18.6. The first-order chi connectivity index (χ1) is 10.1. The number of halogens is 1. The summed E-state index contributed by atoms with van der Waals surface area (Å²) in [7, 11) is 1.47. The molecule has 2 aromatic rings. The number of hydrogen-bond donors (Lipinski definition) is 2. The average Bonchev–Trinajstić information content (AvgIpc) is 2.96. The highest BCUT2D eigenvalue weighted by molar-refractivity contribution is 7.17. The zero-order chi connectivity index (χ0) is 15.2. The van der Waals surface area contributed by atoms with Crippen LogP contribution in [-0.2, 0) is 0 Å². The Balaban J connectivity index is 2.09. The minimum absolute atomic E-state index is 0.0395. The highest BCUT2D eigenvalue weighted by Crippen LogP contribution is 2.23. The smallest absolute Gasteiger partial charge is 0.286 e. The lowest BCUT2D eigenvalue weighted by atomic mass is 10.3. The van der Waals surface area contributed by atoms with Crippen LogP contribution >= 0.6 is 11.3 Å². The quantitative estimate of drug-likeness (QED) is 0.858. The summed E-state index contributed by atoms with van der Waals surface area (Å²) in [5, 5.41) is 13.8. The summed E-state index contributed by atoms with van der Waals surface area (Å²) in [6, 6.07) is 4.11. The fourth-order valence-electron chi connectivity index (χ4n) is 1.52. The largest absolute Gasteiger partial charge is 0.497 e. The van der Waals surface area contributed by atoms with Gasteiger partial charge in [0.15, 0.2) is 0 Å². The van der Waals surface area contributed by atoms with Gasteiger partial charge in [0.2, 0.25) is 10.1 Å². The molecular weight excluding hydrogens is 295 g/mol. The van der Waals surface area contributed by atoms with Gasteiger partial charge in [-0.3, -0.25) is 4.79 Å². The summed E-state index contributed by atoms with van der Waals surface area (Å²) in [6.07, 6.45) is 0.941. The summed E-state index contributed by atoms with van der Waals surface area (Å²) in [6.45, 7) is 2.77. The molecular formula is C13H15FN4O2S. The van der Waals surface area contributed by atoms with E-state index in [1.54, 1.807) is 0 Å². The number of anilines is 2. The molecule has 0 atom stereocenters. The van der Waals surface area contributed by atoms with Gasteiger partial charge in [0.25, 0.3) is 5.91 Å². The van der Waals surface area contributed by atoms with E-state index < -0.39 is 11.7 Å². The van der Waals surface area contributed by atoms with E-state index in [2.05, 4.69) is 20.8 Å². The van der Waals surface area contributed by atoms with Crippen molar-refractivity contribution in [1.29, 1.82) is 0 Å². The first kappa shape index (κ1) is 15.2. The highest BCUT2D eigenvalue weighted by atomic mass is 32.1. The van der Waals surface area contributed by atoms with Gasteiger partial charge in [-0.2, -0.15) is 0 Å². The third-order valence-corrected chi connectivity index (χ3v) is 3.45. The van der Waals surface area contributed by atoms with Crippen molar-refractivity contribution in [2.24, 2.45) is 0 Å². The van der Waals surface area contributed by atoms with E-state index in [1.165, 1.54) is 25.3 Å². The number of methoxy groups -OCH3 is 1. The van der Waals surface area contributed by atoms with Crippen LogP contribution in [0.25, 0.3) is 0 Å². The third-order valence-electron chi connectivity index (χ3n) is 2.57. The Hall–Kier alpha value is -2.22. The van der Waals surface area contributed by atoms with Gasteiger partial charge < -0.3 is 15.4 Å². The van der Waals surface area contributed by atoms with Gasteiger partial charge in [-0.1, -0.05) is 18.3 Å². The van der Waals surface area contributed by atoms with E-state index >= 15 is 0 Å². The zero-order valence-electron chi connectivity index (χ0n) is 11.6. The standard InChI is InChI=1S/C13H15FN4O2S/c1-3-6-15-13-18-17-12(21-13)11(19)16-10-7-8(20-2)4-5-9(10)14/h4-5,7H,3,6H2,1-2H3,(H,15,18)(H,16,19). The van der Waals surface area contributed by atoms with Gasteiger partial charge >= 0.3 is 0 Å². The summed E-state index contributed by atoms with van der Waals surface area (Å²) >= 11 is 1.12. The van der Waals surface area contributed by atoms with Crippen LogP contribution < -0.4 is 15.4 Å². The fourth-order valence-corrected chi connectivity index (χ4v) is 2.19. The number of nitrogens with one attached hydrogen (secondary N) is 2. The van der Waals surface area contributed by atoms with Gasteiger partial charge in [-0.25, -0.2) is 4.39 Å². The molecule has 112 valence electrons. The van der Waals surface area contributed by atoms with E-state index in [1.807, 2.05) is 6.92 Å². The van der Waals surface area contributed by atoms with Crippen LogP contribution in [0.3, 0.4) is 0 Å². The maximum atomic E-state index is 13.6. The van der Waals surface area contributed by atoms with Crippen molar-refractivity contribution in [2.45, 2.75) is 13.3 Å². The molecule has 0 bridgehead atoms. The minimum atomic E-state index is -0.544. The number of ether oxygens (including phenoxy) is 1. The van der Waals surface area contributed by atoms with Crippen LogP contribution in [0, 0.1) is 5.82 Å². The molecule has 0 aliphatic carbocycles. The van der Waals surface area contributed by atoms with E-state index in [9.17, 15) is 9.18 Å². The van der Waals surface area contributed by atoms with Gasteiger partial charge in [-0.15, -0.1) is 10.2 Å². The lowest BCUT2D eigenvalue weighted by molar-refractivity contribution is 0.102. The Morgan fingerprint density at radius 3 is 2.95 bits per heavy atom. The molecule has 1 aromatic heterocycles. The van der Waals surface area contributed by atoms with Crippen molar-refractivity contribution in [3.8, 4) is 5.75 Å². The summed E-state index contributed by atoms with van der Waals surface area (Å²) in [5.74, 6) is -0.600. The normalized spacial score (nSPS) is 10.2.